The molecule has 1 unspecified atom stereocenters. The summed E-state index contributed by atoms with van der Waals surface area (Å²) in [5.74, 6) is -1.58. The first kappa shape index (κ1) is 10.4. The van der Waals surface area contributed by atoms with E-state index in [0.717, 1.165) is 12.2 Å². The van der Waals surface area contributed by atoms with Crippen LogP contribution in [0.15, 0.2) is 24.8 Å². The van der Waals surface area contributed by atoms with Crippen LogP contribution in [0, 0.1) is 0 Å². The van der Waals surface area contributed by atoms with E-state index in [4.69, 9.17) is 5.11 Å². The molecular weight excluding hydrogens is 158 g/mol. The molecule has 0 aliphatic rings. The zero-order chi connectivity index (χ0) is 9.56. The predicted octanol–water partition coefficient (Wildman–Crippen LogP) is 0.318. The van der Waals surface area contributed by atoms with Crippen LogP contribution < -0.4 is 5.32 Å². The van der Waals surface area contributed by atoms with Gasteiger partial charge in [0.2, 0.25) is 5.91 Å². The van der Waals surface area contributed by atoms with E-state index in [9.17, 15) is 9.59 Å². The van der Waals surface area contributed by atoms with Crippen molar-refractivity contribution in [1.29, 1.82) is 0 Å². The van der Waals surface area contributed by atoms with Gasteiger partial charge in [0.25, 0.3) is 0 Å². The maximum atomic E-state index is 10.8. The van der Waals surface area contributed by atoms with E-state index in [1.54, 1.807) is 13.0 Å². The lowest BCUT2D eigenvalue weighted by atomic mass is 10.3. The first-order valence-corrected chi connectivity index (χ1v) is 3.40. The van der Waals surface area contributed by atoms with Gasteiger partial charge in [-0.3, -0.25) is 4.79 Å². The maximum absolute atomic E-state index is 10.8. The van der Waals surface area contributed by atoms with Gasteiger partial charge in [0, 0.05) is 18.2 Å². The van der Waals surface area contributed by atoms with Crippen LogP contribution in [0.2, 0.25) is 0 Å². The van der Waals surface area contributed by atoms with Crippen LogP contribution in [-0.4, -0.2) is 23.0 Å². The third-order valence-corrected chi connectivity index (χ3v) is 1.10. The molecule has 0 heterocycles. The molecule has 4 nitrogen and oxygen atoms in total. The van der Waals surface area contributed by atoms with Crippen LogP contribution in [0.5, 0.6) is 0 Å². The smallest absolute Gasteiger partial charge is 0.328 e. The molecule has 1 amide bonds. The maximum Gasteiger partial charge on any atom is 0.328 e. The largest absolute Gasteiger partial charge is 0.478 e. The van der Waals surface area contributed by atoms with E-state index in [-0.39, 0.29) is 6.04 Å². The molecule has 0 saturated carbocycles. The summed E-state index contributed by atoms with van der Waals surface area (Å²) in [4.78, 5) is 20.8. The molecule has 0 aliphatic heterocycles. The molecule has 0 aromatic rings. The normalized spacial score (nSPS) is 12.4. The second-order valence-electron chi connectivity index (χ2n) is 2.20. The predicted molar refractivity (Wildman–Crippen MR) is 44.6 cm³/mol. The van der Waals surface area contributed by atoms with Crippen LogP contribution >= 0.6 is 0 Å². The van der Waals surface area contributed by atoms with Gasteiger partial charge >= 0.3 is 5.97 Å². The monoisotopic (exact) mass is 169 g/mol. The highest BCUT2D eigenvalue weighted by atomic mass is 16.4. The van der Waals surface area contributed by atoms with Crippen molar-refractivity contribution >= 4 is 11.9 Å². The minimum absolute atomic E-state index is 0.157. The first-order chi connectivity index (χ1) is 5.56. The van der Waals surface area contributed by atoms with Gasteiger partial charge in [0.1, 0.15) is 0 Å². The lowest BCUT2D eigenvalue weighted by molar-refractivity contribution is -0.131. The van der Waals surface area contributed by atoms with Crippen LogP contribution in [0.1, 0.15) is 6.92 Å². The van der Waals surface area contributed by atoms with Crippen molar-refractivity contribution in [3.63, 3.8) is 0 Å². The summed E-state index contributed by atoms with van der Waals surface area (Å²) < 4.78 is 0. The van der Waals surface area contributed by atoms with Crippen molar-refractivity contribution in [1.82, 2.24) is 5.32 Å². The zero-order valence-electron chi connectivity index (χ0n) is 6.78. The topological polar surface area (TPSA) is 66.4 Å². The summed E-state index contributed by atoms with van der Waals surface area (Å²) in [6, 6.07) is -0.157. The fourth-order valence-corrected chi connectivity index (χ4v) is 0.478. The summed E-state index contributed by atoms with van der Waals surface area (Å²) in [6.45, 7) is 5.19. The molecule has 0 aromatic heterocycles. The van der Waals surface area contributed by atoms with Crippen LogP contribution in [0.25, 0.3) is 0 Å². The molecule has 66 valence electrons. The molecule has 0 aromatic carbocycles. The lowest BCUT2D eigenvalue weighted by Crippen LogP contribution is -2.29. The fourth-order valence-electron chi connectivity index (χ4n) is 0.478. The molecular formula is C8H11NO3. The number of aliphatic carboxylic acids is 1. The SMILES string of the molecule is C=CC(C)NC(=O)/C=C/C(=O)O. The van der Waals surface area contributed by atoms with Gasteiger partial charge in [-0.25, -0.2) is 4.79 Å². The van der Waals surface area contributed by atoms with Crippen LogP contribution in [-0.2, 0) is 9.59 Å². The van der Waals surface area contributed by atoms with Crippen LogP contribution in [0.4, 0.5) is 0 Å². The Morgan fingerprint density at radius 2 is 2.08 bits per heavy atom. The first-order valence-electron chi connectivity index (χ1n) is 3.40. The number of carbonyl (C=O) groups excluding carboxylic acids is 1. The Morgan fingerprint density at radius 1 is 1.50 bits per heavy atom. The van der Waals surface area contributed by atoms with Crippen molar-refractivity contribution in [2.24, 2.45) is 0 Å². The Morgan fingerprint density at radius 3 is 2.50 bits per heavy atom. The number of amides is 1. The number of carboxylic acids is 1. The van der Waals surface area contributed by atoms with Crippen molar-refractivity contribution in [3.05, 3.63) is 24.8 Å². The third kappa shape index (κ3) is 5.22. The number of rotatable bonds is 4. The van der Waals surface area contributed by atoms with E-state index in [1.807, 2.05) is 0 Å². The standard InChI is InChI=1S/C8H11NO3/c1-3-6(2)9-7(10)4-5-8(11)12/h3-6H,1H2,2H3,(H,9,10)(H,11,12)/b5-4+. The van der Waals surface area contributed by atoms with Gasteiger partial charge in [-0.15, -0.1) is 6.58 Å². The minimum Gasteiger partial charge on any atom is -0.478 e. The van der Waals surface area contributed by atoms with Crippen molar-refractivity contribution in [2.75, 3.05) is 0 Å². The zero-order valence-corrected chi connectivity index (χ0v) is 6.78. The number of carboxylic acid groups (broad SMARTS) is 1. The summed E-state index contributed by atoms with van der Waals surface area (Å²) >= 11 is 0. The Bertz CT molecular complexity index is 220. The minimum atomic E-state index is -1.14. The van der Waals surface area contributed by atoms with Crippen molar-refractivity contribution in [2.45, 2.75) is 13.0 Å². The van der Waals surface area contributed by atoms with Gasteiger partial charge in [-0.1, -0.05) is 6.08 Å². The quantitative estimate of drug-likeness (QED) is 0.470. The number of hydrogen-bond acceptors (Lipinski definition) is 2. The highest BCUT2D eigenvalue weighted by Crippen LogP contribution is 1.82. The van der Waals surface area contributed by atoms with E-state index >= 15 is 0 Å². The Kier molecular flexibility index (Phi) is 4.45. The fraction of sp³-hybridized carbons (Fsp3) is 0.250. The number of hydrogen-bond donors (Lipinski definition) is 2. The van der Waals surface area contributed by atoms with Crippen LogP contribution in [0.3, 0.4) is 0 Å². The molecule has 12 heavy (non-hydrogen) atoms. The van der Waals surface area contributed by atoms with Gasteiger partial charge in [-0.2, -0.15) is 0 Å². The average Bonchev–Trinajstić information content (AvgIpc) is 2.00. The molecule has 4 heteroatoms. The summed E-state index contributed by atoms with van der Waals surface area (Å²) in [7, 11) is 0. The Labute approximate surface area is 70.6 Å². The highest BCUT2D eigenvalue weighted by molar-refractivity contribution is 5.94. The van der Waals surface area contributed by atoms with E-state index in [0.29, 0.717) is 0 Å². The molecule has 0 aliphatic carbocycles. The van der Waals surface area contributed by atoms with Gasteiger partial charge < -0.3 is 10.4 Å². The summed E-state index contributed by atoms with van der Waals surface area (Å²) in [5.41, 5.74) is 0. The summed E-state index contributed by atoms with van der Waals surface area (Å²) in [5, 5.41) is 10.6. The third-order valence-electron chi connectivity index (χ3n) is 1.10. The van der Waals surface area contributed by atoms with Gasteiger partial charge in [0.05, 0.1) is 0 Å². The molecule has 0 saturated heterocycles. The molecule has 0 rings (SSSR count). The number of nitrogens with one attached hydrogen (secondary N) is 1. The van der Waals surface area contributed by atoms with Crippen molar-refractivity contribution < 1.29 is 14.7 Å². The molecule has 1 atom stereocenters. The Hall–Kier alpha value is -1.58. The number of carbonyl (C=O) groups is 2. The summed E-state index contributed by atoms with van der Waals surface area (Å²) in [6.07, 6.45) is 3.29. The highest BCUT2D eigenvalue weighted by Gasteiger charge is 1.99. The van der Waals surface area contributed by atoms with Gasteiger partial charge in [-0.05, 0) is 6.92 Å². The molecule has 0 radical (unpaired) electrons. The Balaban J connectivity index is 3.89. The lowest BCUT2D eigenvalue weighted by Gasteiger charge is -2.04. The molecule has 0 fully saturated rings. The van der Waals surface area contributed by atoms with Crippen molar-refractivity contribution in [3.8, 4) is 0 Å². The molecule has 0 spiro atoms. The second-order valence-corrected chi connectivity index (χ2v) is 2.20. The van der Waals surface area contributed by atoms with E-state index in [2.05, 4.69) is 11.9 Å². The van der Waals surface area contributed by atoms with E-state index < -0.39 is 11.9 Å². The second kappa shape index (κ2) is 5.12. The molecule has 2 N–H and O–H groups in total. The molecule has 0 bridgehead atoms. The average molecular weight is 169 g/mol. The van der Waals surface area contributed by atoms with Gasteiger partial charge in [0.15, 0.2) is 0 Å². The van der Waals surface area contributed by atoms with E-state index in [1.165, 1.54) is 0 Å².